The predicted octanol–water partition coefficient (Wildman–Crippen LogP) is -3.96. The van der Waals surface area contributed by atoms with E-state index in [-0.39, 0.29) is 18.7 Å². The minimum atomic E-state index is 0. The Balaban J connectivity index is 0.000001000. The molecule has 1 saturated heterocycles. The first-order valence-corrected chi connectivity index (χ1v) is 3.32. The van der Waals surface area contributed by atoms with Crippen molar-refractivity contribution in [2.24, 2.45) is 5.11 Å². The van der Waals surface area contributed by atoms with Crippen molar-refractivity contribution >= 4 is 0 Å². The van der Waals surface area contributed by atoms with Crippen LogP contribution in [0, 0.1) is 0 Å². The van der Waals surface area contributed by atoms with E-state index in [0.29, 0.717) is 0 Å². The smallest absolute Gasteiger partial charge is 0.226 e. The maximum Gasteiger partial charge on any atom is 0.226 e. The lowest BCUT2D eigenvalue weighted by Gasteiger charge is -2.14. The molecule has 0 aromatic rings. The molecule has 0 aliphatic carbocycles. The lowest BCUT2D eigenvalue weighted by molar-refractivity contribution is -0.897. The summed E-state index contributed by atoms with van der Waals surface area (Å²) < 4.78 is 0. The molecule has 0 spiro atoms. The number of azide groups is 1. The zero-order valence-corrected chi connectivity index (χ0v) is 7.41. The highest BCUT2D eigenvalue weighted by Crippen LogP contribution is 1.94. The van der Waals surface area contributed by atoms with Gasteiger partial charge in [0.25, 0.3) is 0 Å². The Kier molecular flexibility index (Phi) is 4.22. The molecule has 2 atom stereocenters. The van der Waals surface area contributed by atoms with Crippen molar-refractivity contribution in [2.45, 2.75) is 6.29 Å². The fraction of sp³-hybridized carbons (Fsp3) is 1.00. The lowest BCUT2D eigenvalue weighted by atomic mass is 10.6. The molecule has 11 heavy (non-hydrogen) atoms. The van der Waals surface area contributed by atoms with Gasteiger partial charge in [0.2, 0.25) is 6.29 Å². The zero-order valence-electron chi connectivity index (χ0n) is 6.66. The number of rotatable bonds is 1. The number of hydrogen-bond donors (Lipinski definition) is 1. The third-order valence-corrected chi connectivity index (χ3v) is 1.88. The lowest BCUT2D eigenvalue weighted by Crippen LogP contribution is -3.11. The number of nitrogens with one attached hydrogen (secondary N) is 1. The summed E-state index contributed by atoms with van der Waals surface area (Å²) in [6.07, 6.45) is 0.00463. The van der Waals surface area contributed by atoms with E-state index in [4.69, 9.17) is 5.53 Å². The molecule has 1 aliphatic heterocycles. The van der Waals surface area contributed by atoms with E-state index < -0.39 is 0 Å². The fourth-order valence-electron chi connectivity index (χ4n) is 1.22. The first kappa shape index (κ1) is 10.5. The molecule has 6 heteroatoms. The van der Waals surface area contributed by atoms with Gasteiger partial charge in [-0.25, -0.2) is 4.90 Å². The van der Waals surface area contributed by atoms with Gasteiger partial charge in [0.15, 0.2) is 0 Å². The van der Waals surface area contributed by atoms with Gasteiger partial charge in [-0.15, -0.1) is 0 Å². The monoisotopic (exact) mass is 177 g/mol. The van der Waals surface area contributed by atoms with Crippen LogP contribution in [0.5, 0.6) is 0 Å². The summed E-state index contributed by atoms with van der Waals surface area (Å²) in [5, 5.41) is 3.66. The van der Waals surface area contributed by atoms with Crippen molar-refractivity contribution in [3.8, 4) is 0 Å². The van der Waals surface area contributed by atoms with E-state index in [1.807, 2.05) is 14.1 Å². The van der Waals surface area contributed by atoms with E-state index >= 15 is 0 Å². The Bertz CT molecular complexity index is 156. The molecule has 2 unspecified atom stereocenters. The second-order valence-electron chi connectivity index (χ2n) is 2.66. The first-order chi connectivity index (χ1) is 4.75. The van der Waals surface area contributed by atoms with Crippen molar-refractivity contribution in [2.75, 3.05) is 27.2 Å². The molecule has 1 heterocycles. The fourth-order valence-corrected chi connectivity index (χ4v) is 1.22. The molecule has 0 aromatic carbocycles. The maximum absolute atomic E-state index is 8.18. The highest BCUT2D eigenvalue weighted by Gasteiger charge is 2.28. The standard InChI is InChI=1S/C5H11N5.ClH/c1-9-3-4-10(2)5(9)7-8-6;/h5H,3-4H2,1-2H3;1H. The summed E-state index contributed by atoms with van der Waals surface area (Å²) in [4.78, 5) is 6.10. The van der Waals surface area contributed by atoms with Crippen LogP contribution in [0.3, 0.4) is 0 Å². The number of hydrogen-bond acceptors (Lipinski definition) is 2. The third-order valence-electron chi connectivity index (χ3n) is 1.88. The molecule has 5 nitrogen and oxygen atoms in total. The maximum atomic E-state index is 8.18. The minimum absolute atomic E-state index is 0. The molecule has 0 radical (unpaired) electrons. The van der Waals surface area contributed by atoms with Crippen LogP contribution in [0.2, 0.25) is 0 Å². The Labute approximate surface area is 72.0 Å². The Morgan fingerprint density at radius 1 is 1.73 bits per heavy atom. The molecule has 0 saturated carbocycles. The number of likely N-dealkylation sites (N-methyl/N-ethyl adjacent to an activating group) is 2. The Morgan fingerprint density at radius 2 is 2.36 bits per heavy atom. The van der Waals surface area contributed by atoms with Crippen molar-refractivity contribution in [1.82, 2.24) is 4.90 Å². The zero-order chi connectivity index (χ0) is 7.56. The molecular weight excluding hydrogens is 166 g/mol. The highest BCUT2D eigenvalue weighted by atomic mass is 35.5. The van der Waals surface area contributed by atoms with Gasteiger partial charge in [0, 0.05) is 4.91 Å². The molecule has 1 rings (SSSR count). The van der Waals surface area contributed by atoms with Crippen LogP contribution in [0.1, 0.15) is 0 Å². The van der Waals surface area contributed by atoms with Gasteiger partial charge < -0.3 is 17.3 Å². The second kappa shape index (κ2) is 4.41. The van der Waals surface area contributed by atoms with Gasteiger partial charge in [-0.2, -0.15) is 0 Å². The highest BCUT2D eigenvalue weighted by molar-refractivity contribution is 4.60. The van der Waals surface area contributed by atoms with Gasteiger partial charge in [-0.1, -0.05) is 0 Å². The van der Waals surface area contributed by atoms with Crippen LogP contribution in [-0.2, 0) is 0 Å². The quantitative estimate of drug-likeness (QED) is 0.248. The van der Waals surface area contributed by atoms with Crippen molar-refractivity contribution in [1.29, 1.82) is 0 Å². The predicted molar refractivity (Wildman–Crippen MR) is 37.3 cm³/mol. The van der Waals surface area contributed by atoms with Crippen LogP contribution >= 0.6 is 0 Å². The third kappa shape index (κ3) is 2.24. The molecule has 0 aromatic heterocycles. The molecule has 0 amide bonds. The summed E-state index contributed by atoms with van der Waals surface area (Å²) in [6.45, 7) is 2.07. The normalized spacial score (nSPS) is 30.7. The van der Waals surface area contributed by atoms with E-state index in [1.165, 1.54) is 4.90 Å². The van der Waals surface area contributed by atoms with Gasteiger partial charge in [0.1, 0.15) is 0 Å². The van der Waals surface area contributed by atoms with Crippen LogP contribution < -0.4 is 17.3 Å². The topological polar surface area (TPSA) is 56.4 Å². The van der Waals surface area contributed by atoms with Gasteiger partial charge in [-0.05, 0) is 17.7 Å². The average molecular weight is 178 g/mol. The second-order valence-corrected chi connectivity index (χ2v) is 2.66. The molecule has 1 fully saturated rings. The average Bonchev–Trinajstić information content (AvgIpc) is 2.20. The molecule has 64 valence electrons. The van der Waals surface area contributed by atoms with E-state index in [1.54, 1.807) is 0 Å². The summed E-state index contributed by atoms with van der Waals surface area (Å²) >= 11 is 0. The largest absolute Gasteiger partial charge is 1.00 e. The SMILES string of the molecule is CN1CC[NH+](C)C1N=[N+]=[N-].[Cl-]. The Morgan fingerprint density at radius 3 is 2.73 bits per heavy atom. The minimum Gasteiger partial charge on any atom is -1.00 e. The number of quaternary nitrogens is 1. The number of halogens is 1. The van der Waals surface area contributed by atoms with Gasteiger partial charge in [0.05, 0.1) is 20.1 Å². The summed E-state index contributed by atoms with van der Waals surface area (Å²) in [7, 11) is 4.00. The Hall–Kier alpha value is -0.480. The van der Waals surface area contributed by atoms with Crippen LogP contribution in [0.25, 0.3) is 10.4 Å². The van der Waals surface area contributed by atoms with Crippen molar-refractivity contribution in [3.05, 3.63) is 10.4 Å². The molecule has 1 N–H and O–H groups in total. The number of nitrogens with zero attached hydrogens (tertiary/aromatic N) is 4. The molecule has 0 bridgehead atoms. The van der Waals surface area contributed by atoms with Crippen LogP contribution in [0.4, 0.5) is 0 Å². The van der Waals surface area contributed by atoms with E-state index in [9.17, 15) is 0 Å². The first-order valence-electron chi connectivity index (χ1n) is 3.32. The van der Waals surface area contributed by atoms with Crippen LogP contribution in [-0.4, -0.2) is 38.4 Å². The van der Waals surface area contributed by atoms with E-state index in [2.05, 4.69) is 14.9 Å². The van der Waals surface area contributed by atoms with Crippen molar-refractivity contribution < 1.29 is 17.3 Å². The molecular formula is C5H12ClN5. The van der Waals surface area contributed by atoms with Gasteiger partial charge in [-0.3, -0.25) is 0 Å². The molecule has 1 aliphatic rings. The van der Waals surface area contributed by atoms with E-state index in [0.717, 1.165) is 13.1 Å². The van der Waals surface area contributed by atoms with Crippen LogP contribution in [0.15, 0.2) is 5.11 Å². The summed E-state index contributed by atoms with van der Waals surface area (Å²) in [6, 6.07) is 0. The van der Waals surface area contributed by atoms with Gasteiger partial charge >= 0.3 is 0 Å². The summed E-state index contributed by atoms with van der Waals surface area (Å²) in [5.74, 6) is 0. The summed E-state index contributed by atoms with van der Waals surface area (Å²) in [5.41, 5.74) is 8.18. The van der Waals surface area contributed by atoms with Crippen molar-refractivity contribution in [3.63, 3.8) is 0 Å².